The number of benzene rings is 1. The maximum atomic E-state index is 12.8. The van der Waals surface area contributed by atoms with Crippen LogP contribution < -0.4 is 10.5 Å². The fourth-order valence-corrected chi connectivity index (χ4v) is 0.827. The van der Waals surface area contributed by atoms with E-state index in [0.29, 0.717) is 5.69 Å². The van der Waals surface area contributed by atoms with Gasteiger partial charge in [0, 0.05) is 5.69 Å². The summed E-state index contributed by atoms with van der Waals surface area (Å²) in [5.41, 5.74) is 5.81. The molecule has 0 atom stereocenters. The molecule has 7 heteroatoms. The molecule has 0 aliphatic rings. The van der Waals surface area contributed by atoms with Crippen molar-refractivity contribution in [2.24, 2.45) is 0 Å². The molecule has 0 amide bonds. The largest absolute Gasteiger partial charge is 0.431 e. The Bertz CT molecular complexity index is 305. The first-order valence-corrected chi connectivity index (χ1v) is 4.49. The monoisotopic (exact) mass is 277 g/mol. The summed E-state index contributed by atoms with van der Waals surface area (Å²) in [5, 5.41) is 0. The van der Waals surface area contributed by atoms with Crippen molar-refractivity contribution in [1.82, 2.24) is 0 Å². The Morgan fingerprint density at radius 3 is 2.07 bits per heavy atom. The first-order valence-electron chi connectivity index (χ1n) is 3.62. The molecule has 0 fully saturated rings. The van der Waals surface area contributed by atoms with Gasteiger partial charge in [-0.25, -0.2) is 0 Å². The van der Waals surface area contributed by atoms with Crippen molar-refractivity contribution in [3.05, 3.63) is 24.3 Å². The molecular weight excluding hydrogens is 270 g/mol. The second-order valence-corrected chi connectivity index (χ2v) is 3.63. The van der Waals surface area contributed by atoms with E-state index < -0.39 is 10.9 Å². The lowest BCUT2D eigenvalue weighted by Crippen LogP contribution is -2.32. The number of hydrogen-bond donors (Lipinski definition) is 1. The Balaban J connectivity index is 0.00000196. The van der Waals surface area contributed by atoms with Crippen molar-refractivity contribution in [3.63, 3.8) is 0 Å². The van der Waals surface area contributed by atoms with Crippen LogP contribution in [0.5, 0.6) is 5.75 Å². The molecule has 0 aliphatic carbocycles. The van der Waals surface area contributed by atoms with Crippen molar-refractivity contribution >= 4 is 41.3 Å². The highest BCUT2D eigenvalue weighted by atomic mass is 35.5. The zero-order valence-electron chi connectivity index (χ0n) is 7.29. The molecule has 15 heavy (non-hydrogen) atoms. The number of ether oxygens (including phenoxy) is 1. The summed E-state index contributed by atoms with van der Waals surface area (Å²) in [5.74, 6) is -0.0458. The van der Waals surface area contributed by atoms with Crippen LogP contribution in [0.4, 0.5) is 14.5 Å². The van der Waals surface area contributed by atoms with Crippen molar-refractivity contribution in [2.75, 3.05) is 5.73 Å². The number of rotatable bonds is 3. The normalized spacial score (nSPS) is 11.0. The highest BCUT2D eigenvalue weighted by Crippen LogP contribution is 2.30. The minimum absolute atomic E-state index is 0. The molecule has 0 bridgehead atoms. The summed E-state index contributed by atoms with van der Waals surface area (Å²) in [4.78, 5) is -1.92. The average Bonchev–Trinajstić information content (AvgIpc) is 2.08. The quantitative estimate of drug-likeness (QED) is 0.679. The van der Waals surface area contributed by atoms with Crippen molar-refractivity contribution in [2.45, 2.75) is 10.9 Å². The smallest absolute Gasteiger partial charge is 0.428 e. The third kappa shape index (κ3) is 4.28. The lowest BCUT2D eigenvalue weighted by Gasteiger charge is -2.18. The van der Waals surface area contributed by atoms with E-state index in [0.717, 1.165) is 0 Å². The first-order chi connectivity index (χ1) is 6.42. The van der Waals surface area contributed by atoms with E-state index in [-0.39, 0.29) is 18.2 Å². The fraction of sp³-hybridized carbons (Fsp3) is 0.250. The van der Waals surface area contributed by atoms with Crippen LogP contribution in [0.3, 0.4) is 0 Å². The molecule has 0 radical (unpaired) electrons. The molecule has 0 aromatic heterocycles. The van der Waals surface area contributed by atoms with E-state index in [1.165, 1.54) is 24.3 Å². The number of nitrogens with two attached hydrogens (primary N) is 1. The van der Waals surface area contributed by atoms with Gasteiger partial charge in [0.15, 0.2) is 0 Å². The third-order valence-electron chi connectivity index (χ3n) is 1.39. The molecule has 0 unspecified atom stereocenters. The van der Waals surface area contributed by atoms with E-state index in [1.807, 2.05) is 0 Å². The van der Waals surface area contributed by atoms with Crippen molar-refractivity contribution in [3.8, 4) is 5.75 Å². The van der Waals surface area contributed by atoms with Crippen LogP contribution in [0.15, 0.2) is 24.3 Å². The van der Waals surface area contributed by atoms with Gasteiger partial charge in [0.1, 0.15) is 5.75 Å². The minimum Gasteiger partial charge on any atom is -0.431 e. The number of halogens is 5. The highest BCUT2D eigenvalue weighted by molar-refractivity contribution is 6.44. The summed E-state index contributed by atoms with van der Waals surface area (Å²) in [6.45, 7) is 0. The zero-order chi connectivity index (χ0) is 10.8. The molecule has 0 saturated carbocycles. The Kier molecular flexibility index (Phi) is 5.42. The Morgan fingerprint density at radius 1 is 1.20 bits per heavy atom. The van der Waals surface area contributed by atoms with Gasteiger partial charge in [-0.2, -0.15) is 8.78 Å². The van der Waals surface area contributed by atoms with E-state index in [1.54, 1.807) is 0 Å². The standard InChI is InChI=1S/C8H7Cl2F2NO.ClH/c9-7(10)8(11,12)14-6-3-1-5(13)2-4-6;/h1-4,7H,13H2;1H. The van der Waals surface area contributed by atoms with Gasteiger partial charge in [-0.15, -0.1) is 12.4 Å². The molecule has 1 rings (SSSR count). The molecule has 0 heterocycles. The molecule has 1 aromatic rings. The Hall–Kier alpha value is -0.450. The Morgan fingerprint density at radius 2 is 1.67 bits per heavy atom. The average molecular weight is 279 g/mol. The van der Waals surface area contributed by atoms with Crippen LogP contribution in [0, 0.1) is 0 Å². The summed E-state index contributed by atoms with van der Waals surface area (Å²) in [6, 6.07) is 5.48. The molecule has 86 valence electrons. The van der Waals surface area contributed by atoms with Crippen LogP contribution in [-0.4, -0.2) is 10.9 Å². The molecule has 0 spiro atoms. The van der Waals surface area contributed by atoms with Gasteiger partial charge in [0.25, 0.3) is 0 Å². The summed E-state index contributed by atoms with van der Waals surface area (Å²) < 4.78 is 29.9. The lowest BCUT2D eigenvalue weighted by molar-refractivity contribution is -0.163. The Labute approximate surface area is 102 Å². The fourth-order valence-electron chi connectivity index (χ4n) is 0.738. The summed E-state index contributed by atoms with van der Waals surface area (Å²) >= 11 is 10.0. The third-order valence-corrected chi connectivity index (χ3v) is 1.90. The van der Waals surface area contributed by atoms with Gasteiger partial charge < -0.3 is 10.5 Å². The molecule has 1 aromatic carbocycles. The van der Waals surface area contributed by atoms with Crippen LogP contribution in [-0.2, 0) is 0 Å². The van der Waals surface area contributed by atoms with Crippen LogP contribution >= 0.6 is 35.6 Å². The molecule has 2 N–H and O–H groups in total. The first kappa shape index (κ1) is 14.5. The molecule has 0 aliphatic heterocycles. The maximum Gasteiger partial charge on any atom is 0.428 e. The van der Waals surface area contributed by atoms with E-state index >= 15 is 0 Å². The van der Waals surface area contributed by atoms with E-state index in [9.17, 15) is 8.78 Å². The van der Waals surface area contributed by atoms with Gasteiger partial charge in [-0.3, -0.25) is 0 Å². The number of nitrogen functional groups attached to an aromatic ring is 1. The summed E-state index contributed by atoms with van der Waals surface area (Å²) in [6.07, 6.45) is -3.61. The second-order valence-electron chi connectivity index (χ2n) is 2.53. The highest BCUT2D eigenvalue weighted by Gasteiger charge is 2.40. The van der Waals surface area contributed by atoms with Crippen LogP contribution in [0.25, 0.3) is 0 Å². The van der Waals surface area contributed by atoms with Crippen LogP contribution in [0.2, 0.25) is 0 Å². The van der Waals surface area contributed by atoms with Gasteiger partial charge in [-0.1, -0.05) is 23.2 Å². The van der Waals surface area contributed by atoms with E-state index in [2.05, 4.69) is 4.74 Å². The van der Waals surface area contributed by atoms with Gasteiger partial charge in [0.05, 0.1) is 0 Å². The molecule has 0 saturated heterocycles. The topological polar surface area (TPSA) is 35.2 Å². The number of hydrogen-bond acceptors (Lipinski definition) is 2. The number of anilines is 1. The predicted octanol–water partition coefficient (Wildman–Crippen LogP) is 3.47. The van der Waals surface area contributed by atoms with Crippen molar-refractivity contribution < 1.29 is 13.5 Å². The predicted molar refractivity (Wildman–Crippen MR) is 59.2 cm³/mol. The van der Waals surface area contributed by atoms with Crippen LogP contribution in [0.1, 0.15) is 0 Å². The SMILES string of the molecule is Cl.Nc1ccc(OC(F)(F)C(Cl)Cl)cc1. The molecule has 2 nitrogen and oxygen atoms in total. The zero-order valence-corrected chi connectivity index (χ0v) is 9.62. The second kappa shape index (κ2) is 5.58. The van der Waals surface area contributed by atoms with Gasteiger partial charge in [-0.05, 0) is 24.3 Å². The van der Waals surface area contributed by atoms with Gasteiger partial charge in [0.2, 0.25) is 4.84 Å². The van der Waals surface area contributed by atoms with Gasteiger partial charge >= 0.3 is 6.11 Å². The van der Waals surface area contributed by atoms with E-state index in [4.69, 9.17) is 28.9 Å². The number of alkyl halides is 4. The minimum atomic E-state index is -3.61. The maximum absolute atomic E-state index is 12.8. The summed E-state index contributed by atoms with van der Waals surface area (Å²) in [7, 11) is 0. The molecular formula is C8H8Cl3F2NO. The lowest BCUT2D eigenvalue weighted by atomic mass is 10.3. The van der Waals surface area contributed by atoms with Crippen molar-refractivity contribution in [1.29, 1.82) is 0 Å².